The number of aromatic hydroxyl groups is 1. The van der Waals surface area contributed by atoms with E-state index in [-0.39, 0.29) is 5.75 Å². The van der Waals surface area contributed by atoms with E-state index in [2.05, 4.69) is 4.98 Å². The lowest BCUT2D eigenvalue weighted by Gasteiger charge is -2.03. The van der Waals surface area contributed by atoms with E-state index in [4.69, 9.17) is 23.2 Å². The molecule has 1 N–H and O–H groups in total. The molecule has 0 saturated carbocycles. The number of fused-ring (bicyclic) bond motifs is 1. The maximum atomic E-state index is 9.48. The van der Waals surface area contributed by atoms with Gasteiger partial charge in [-0.1, -0.05) is 23.2 Å². The Hall–Kier alpha value is -0.990. The fourth-order valence-electron chi connectivity index (χ4n) is 1.20. The van der Waals surface area contributed by atoms with Crippen molar-refractivity contribution in [3.63, 3.8) is 0 Å². The average Bonchev–Trinajstić information content (AvgIpc) is 2.12. The summed E-state index contributed by atoms with van der Waals surface area (Å²) in [6, 6.07) is 4.79. The predicted octanol–water partition coefficient (Wildman–Crippen LogP) is 3.25. The van der Waals surface area contributed by atoms with E-state index in [1.54, 1.807) is 12.1 Å². The van der Waals surface area contributed by atoms with Gasteiger partial charge in [0, 0.05) is 17.0 Å². The predicted molar refractivity (Wildman–Crippen MR) is 53.4 cm³/mol. The number of phenols is 1. The molecule has 0 aliphatic heterocycles. The lowest BCUT2D eigenvalue weighted by atomic mass is 10.1. The molecule has 2 nitrogen and oxygen atoms in total. The van der Waals surface area contributed by atoms with Gasteiger partial charge in [-0.3, -0.25) is 0 Å². The van der Waals surface area contributed by atoms with E-state index in [9.17, 15) is 5.11 Å². The Morgan fingerprint density at radius 1 is 1.15 bits per heavy atom. The molecule has 1 aromatic heterocycles. The third-order valence-electron chi connectivity index (χ3n) is 1.81. The Morgan fingerprint density at radius 2 is 1.92 bits per heavy atom. The Morgan fingerprint density at radius 3 is 2.62 bits per heavy atom. The van der Waals surface area contributed by atoms with Gasteiger partial charge in [-0.05, 0) is 18.2 Å². The molecule has 1 aromatic carbocycles. The molecule has 13 heavy (non-hydrogen) atoms. The van der Waals surface area contributed by atoms with Crippen LogP contribution in [0.1, 0.15) is 0 Å². The van der Waals surface area contributed by atoms with Crippen LogP contribution in [0.5, 0.6) is 5.75 Å². The summed E-state index contributed by atoms with van der Waals surface area (Å²) >= 11 is 11.7. The molecule has 0 amide bonds. The number of hydrogen-bond acceptors (Lipinski definition) is 2. The van der Waals surface area contributed by atoms with Crippen molar-refractivity contribution in [2.45, 2.75) is 0 Å². The number of nitrogens with zero attached hydrogens (tertiary/aromatic N) is 1. The third kappa shape index (κ3) is 1.32. The Labute approximate surface area is 84.7 Å². The van der Waals surface area contributed by atoms with Crippen molar-refractivity contribution in [2.24, 2.45) is 0 Å². The average molecular weight is 214 g/mol. The van der Waals surface area contributed by atoms with Crippen molar-refractivity contribution in [3.8, 4) is 5.75 Å². The largest absolute Gasteiger partial charge is 0.507 e. The monoisotopic (exact) mass is 213 g/mol. The highest BCUT2D eigenvalue weighted by molar-refractivity contribution is 6.41. The number of benzene rings is 1. The molecule has 0 aliphatic carbocycles. The number of rotatable bonds is 0. The molecule has 0 saturated heterocycles. The van der Waals surface area contributed by atoms with Crippen LogP contribution in [0.3, 0.4) is 0 Å². The van der Waals surface area contributed by atoms with E-state index >= 15 is 0 Å². The minimum absolute atomic E-state index is 0.156. The first-order valence-corrected chi connectivity index (χ1v) is 4.37. The second-order valence-electron chi connectivity index (χ2n) is 2.59. The van der Waals surface area contributed by atoms with Gasteiger partial charge in [-0.15, -0.1) is 0 Å². The van der Waals surface area contributed by atoms with Crippen LogP contribution in [0, 0.1) is 0 Å². The maximum absolute atomic E-state index is 9.48. The smallest absolute Gasteiger partial charge is 0.138 e. The van der Waals surface area contributed by atoms with Gasteiger partial charge < -0.3 is 5.11 Å². The number of aromatic nitrogens is 1. The molecule has 0 fully saturated rings. The molecular formula is C9H5Cl2NO. The Balaban J connectivity index is 3.00. The van der Waals surface area contributed by atoms with Gasteiger partial charge in [-0.2, -0.15) is 0 Å². The molecule has 66 valence electrons. The highest BCUT2D eigenvalue weighted by atomic mass is 35.5. The zero-order valence-electron chi connectivity index (χ0n) is 6.46. The molecule has 0 bridgehead atoms. The van der Waals surface area contributed by atoms with Crippen LogP contribution in [-0.2, 0) is 0 Å². The van der Waals surface area contributed by atoms with Crippen molar-refractivity contribution in [1.29, 1.82) is 0 Å². The highest BCUT2D eigenvalue weighted by Gasteiger charge is 2.07. The third-order valence-corrected chi connectivity index (χ3v) is 2.41. The molecule has 0 unspecified atom stereocenters. The maximum Gasteiger partial charge on any atom is 0.138 e. The van der Waals surface area contributed by atoms with E-state index in [0.717, 1.165) is 0 Å². The van der Waals surface area contributed by atoms with Crippen molar-refractivity contribution < 1.29 is 5.11 Å². The minimum atomic E-state index is 0.156. The van der Waals surface area contributed by atoms with Crippen LogP contribution in [0.4, 0.5) is 0 Å². The zero-order chi connectivity index (χ0) is 9.42. The summed E-state index contributed by atoms with van der Waals surface area (Å²) in [5, 5.41) is 11.5. The zero-order valence-corrected chi connectivity index (χ0v) is 7.97. The molecule has 2 aromatic rings. The summed E-state index contributed by atoms with van der Waals surface area (Å²) < 4.78 is 0. The molecule has 0 aliphatic rings. The van der Waals surface area contributed by atoms with Crippen LogP contribution in [0.25, 0.3) is 10.8 Å². The molecular weight excluding hydrogens is 209 g/mol. The summed E-state index contributed by atoms with van der Waals surface area (Å²) in [4.78, 5) is 3.88. The topological polar surface area (TPSA) is 33.1 Å². The molecule has 0 spiro atoms. The van der Waals surface area contributed by atoms with Gasteiger partial charge in [0.2, 0.25) is 0 Å². The van der Waals surface area contributed by atoms with E-state index in [1.165, 1.54) is 12.3 Å². The fraction of sp³-hybridized carbons (Fsp3) is 0. The van der Waals surface area contributed by atoms with E-state index in [0.29, 0.717) is 20.9 Å². The van der Waals surface area contributed by atoms with Crippen molar-refractivity contribution in [2.75, 3.05) is 0 Å². The number of phenolic OH excluding ortho intramolecular Hbond substituents is 1. The molecule has 0 radical (unpaired) electrons. The lowest BCUT2D eigenvalue weighted by molar-refractivity contribution is 0.481. The van der Waals surface area contributed by atoms with Crippen LogP contribution in [0.2, 0.25) is 10.2 Å². The normalized spacial score (nSPS) is 10.6. The van der Waals surface area contributed by atoms with Gasteiger partial charge in [0.25, 0.3) is 0 Å². The lowest BCUT2D eigenvalue weighted by Crippen LogP contribution is -1.80. The summed E-state index contributed by atoms with van der Waals surface area (Å²) in [6.45, 7) is 0. The van der Waals surface area contributed by atoms with E-state index < -0.39 is 0 Å². The van der Waals surface area contributed by atoms with Gasteiger partial charge in [-0.25, -0.2) is 4.98 Å². The quantitative estimate of drug-likeness (QED) is 0.682. The van der Waals surface area contributed by atoms with Crippen molar-refractivity contribution in [3.05, 3.63) is 34.6 Å². The second kappa shape index (κ2) is 3.05. The number of pyridine rings is 1. The highest BCUT2D eigenvalue weighted by Crippen LogP contribution is 2.33. The van der Waals surface area contributed by atoms with Gasteiger partial charge >= 0.3 is 0 Å². The SMILES string of the molecule is Oc1ccc(Cl)c2c(Cl)nccc12. The summed E-state index contributed by atoms with van der Waals surface area (Å²) in [5.74, 6) is 0.156. The Kier molecular flexibility index (Phi) is 2.02. The summed E-state index contributed by atoms with van der Waals surface area (Å²) in [7, 11) is 0. The van der Waals surface area contributed by atoms with Gasteiger partial charge in [0.1, 0.15) is 10.9 Å². The fourth-order valence-corrected chi connectivity index (χ4v) is 1.76. The first kappa shape index (κ1) is 8.60. The molecule has 0 atom stereocenters. The molecule has 2 rings (SSSR count). The van der Waals surface area contributed by atoms with Crippen LogP contribution in [-0.4, -0.2) is 10.1 Å². The van der Waals surface area contributed by atoms with Crippen molar-refractivity contribution >= 4 is 34.0 Å². The first-order valence-electron chi connectivity index (χ1n) is 3.62. The molecule has 4 heteroatoms. The molecule has 1 heterocycles. The number of halogens is 2. The Bertz CT molecular complexity index is 462. The summed E-state index contributed by atoms with van der Waals surface area (Å²) in [6.07, 6.45) is 1.53. The van der Waals surface area contributed by atoms with Crippen LogP contribution >= 0.6 is 23.2 Å². The minimum Gasteiger partial charge on any atom is -0.507 e. The van der Waals surface area contributed by atoms with Crippen LogP contribution < -0.4 is 0 Å². The van der Waals surface area contributed by atoms with Gasteiger partial charge in [0.15, 0.2) is 0 Å². The van der Waals surface area contributed by atoms with Gasteiger partial charge in [0.05, 0.1) is 5.02 Å². The first-order chi connectivity index (χ1) is 6.20. The van der Waals surface area contributed by atoms with Crippen LogP contribution in [0.15, 0.2) is 24.4 Å². The van der Waals surface area contributed by atoms with Crippen molar-refractivity contribution in [1.82, 2.24) is 4.98 Å². The second-order valence-corrected chi connectivity index (χ2v) is 3.36. The summed E-state index contributed by atoms with van der Waals surface area (Å²) in [5.41, 5.74) is 0. The standard InChI is InChI=1S/C9H5Cl2NO/c10-6-1-2-7(13)5-3-4-12-9(11)8(5)6/h1-4,13H. The number of hydrogen-bond donors (Lipinski definition) is 1. The van der Waals surface area contributed by atoms with E-state index in [1.807, 2.05) is 0 Å².